The third-order valence-corrected chi connectivity index (χ3v) is 3.47. The first-order valence-electron chi connectivity index (χ1n) is 7.34. The van der Waals surface area contributed by atoms with Gasteiger partial charge in [-0.3, -0.25) is 0 Å². The molecule has 0 saturated heterocycles. The third kappa shape index (κ3) is 3.01. The van der Waals surface area contributed by atoms with Crippen molar-refractivity contribution in [1.82, 2.24) is 14.8 Å². The molecule has 2 heterocycles. The second kappa shape index (κ2) is 6.48. The molecule has 0 unspecified atom stereocenters. The van der Waals surface area contributed by atoms with Crippen LogP contribution < -0.4 is 4.74 Å². The van der Waals surface area contributed by atoms with Crippen molar-refractivity contribution >= 4 is 17.0 Å². The molecular weight excluding hydrogens is 294 g/mol. The lowest BCUT2D eigenvalue weighted by Gasteiger charge is -2.04. The van der Waals surface area contributed by atoms with Crippen LogP contribution in [0.3, 0.4) is 0 Å². The van der Waals surface area contributed by atoms with Crippen LogP contribution in [-0.2, 0) is 11.3 Å². The lowest BCUT2D eigenvalue weighted by molar-refractivity contribution is 0.0520. The van der Waals surface area contributed by atoms with Crippen molar-refractivity contribution in [3.05, 3.63) is 53.9 Å². The van der Waals surface area contributed by atoms with E-state index in [1.807, 2.05) is 30.3 Å². The second-order valence-electron chi connectivity index (χ2n) is 4.95. The Hall–Kier alpha value is -2.89. The predicted octanol–water partition coefficient (Wildman–Crippen LogP) is 2.66. The van der Waals surface area contributed by atoms with Crippen LogP contribution >= 0.6 is 0 Å². The summed E-state index contributed by atoms with van der Waals surface area (Å²) in [7, 11) is 1.63. The highest BCUT2D eigenvalue weighted by atomic mass is 16.5. The summed E-state index contributed by atoms with van der Waals surface area (Å²) in [6.07, 6.45) is 1.68. The number of pyridine rings is 1. The molecule has 0 saturated carbocycles. The molecule has 0 bridgehead atoms. The number of aromatic nitrogens is 3. The number of ether oxygens (including phenoxy) is 2. The zero-order chi connectivity index (χ0) is 16.2. The molecule has 2 aromatic heterocycles. The van der Waals surface area contributed by atoms with Crippen LogP contribution in [0.15, 0.2) is 42.6 Å². The summed E-state index contributed by atoms with van der Waals surface area (Å²) in [4.78, 5) is 16.4. The van der Waals surface area contributed by atoms with E-state index >= 15 is 0 Å². The van der Waals surface area contributed by atoms with Gasteiger partial charge < -0.3 is 9.47 Å². The van der Waals surface area contributed by atoms with Gasteiger partial charge in [-0.2, -0.15) is 5.10 Å². The van der Waals surface area contributed by atoms with Gasteiger partial charge in [0.05, 0.1) is 25.6 Å². The quantitative estimate of drug-likeness (QED) is 0.678. The highest BCUT2D eigenvalue weighted by molar-refractivity contribution is 6.01. The van der Waals surface area contributed by atoms with Gasteiger partial charge in [0.15, 0.2) is 11.3 Å². The molecule has 0 aliphatic heterocycles. The number of carbonyl (C=O) groups excluding carboxylic acids is 1. The summed E-state index contributed by atoms with van der Waals surface area (Å²) in [6.45, 7) is 2.59. The predicted molar refractivity (Wildman–Crippen MR) is 85.6 cm³/mol. The van der Waals surface area contributed by atoms with E-state index in [0.29, 0.717) is 29.9 Å². The van der Waals surface area contributed by atoms with Crippen molar-refractivity contribution in [3.63, 3.8) is 0 Å². The first-order chi connectivity index (χ1) is 11.2. The number of nitrogens with zero attached hydrogens (tertiary/aromatic N) is 3. The van der Waals surface area contributed by atoms with Crippen molar-refractivity contribution in [2.75, 3.05) is 13.7 Å². The highest BCUT2D eigenvalue weighted by Gasteiger charge is 2.18. The molecule has 0 N–H and O–H groups in total. The lowest BCUT2D eigenvalue weighted by Crippen LogP contribution is -2.08. The Morgan fingerprint density at radius 2 is 2.00 bits per heavy atom. The van der Waals surface area contributed by atoms with E-state index in [2.05, 4.69) is 10.1 Å². The summed E-state index contributed by atoms with van der Waals surface area (Å²) in [5.74, 6) is 0.364. The largest absolute Gasteiger partial charge is 0.497 e. The number of carbonyl (C=O) groups is 1. The molecule has 3 aromatic rings. The molecule has 23 heavy (non-hydrogen) atoms. The summed E-state index contributed by atoms with van der Waals surface area (Å²) >= 11 is 0. The Labute approximate surface area is 133 Å². The fourth-order valence-corrected chi connectivity index (χ4v) is 2.37. The van der Waals surface area contributed by atoms with Crippen LogP contribution in [0.25, 0.3) is 11.0 Å². The molecule has 3 rings (SSSR count). The normalized spacial score (nSPS) is 10.7. The van der Waals surface area contributed by atoms with E-state index in [0.717, 1.165) is 11.3 Å². The summed E-state index contributed by atoms with van der Waals surface area (Å²) in [5, 5.41) is 5.09. The Morgan fingerprint density at radius 1 is 1.22 bits per heavy atom. The third-order valence-electron chi connectivity index (χ3n) is 3.47. The Kier molecular flexibility index (Phi) is 4.23. The van der Waals surface area contributed by atoms with Crippen LogP contribution in [0, 0.1) is 0 Å². The highest BCUT2D eigenvalue weighted by Crippen LogP contribution is 2.19. The topological polar surface area (TPSA) is 66.2 Å². The molecule has 0 atom stereocenters. The van der Waals surface area contributed by atoms with Crippen LogP contribution in [0.4, 0.5) is 0 Å². The van der Waals surface area contributed by atoms with Gasteiger partial charge in [0, 0.05) is 6.20 Å². The number of hydrogen-bond acceptors (Lipinski definition) is 5. The standard InChI is InChI=1S/C17H17N3O3/c1-3-23-17(21)15-14-5-4-10-18-16(14)20(19-15)11-12-6-8-13(22-2)9-7-12/h4-10H,3,11H2,1-2H3. The van der Waals surface area contributed by atoms with Crippen molar-refractivity contribution in [3.8, 4) is 5.75 Å². The average Bonchev–Trinajstić information content (AvgIpc) is 2.95. The lowest BCUT2D eigenvalue weighted by atomic mass is 10.2. The van der Waals surface area contributed by atoms with E-state index in [1.165, 1.54) is 0 Å². The molecule has 0 radical (unpaired) electrons. The Morgan fingerprint density at radius 3 is 2.70 bits per heavy atom. The maximum atomic E-state index is 12.1. The van der Waals surface area contributed by atoms with E-state index in [4.69, 9.17) is 9.47 Å². The van der Waals surface area contributed by atoms with Gasteiger partial charge in [0.25, 0.3) is 0 Å². The van der Waals surface area contributed by atoms with Gasteiger partial charge in [0.2, 0.25) is 0 Å². The molecule has 0 fully saturated rings. The number of rotatable bonds is 5. The zero-order valence-electron chi connectivity index (χ0n) is 13.0. The first-order valence-corrected chi connectivity index (χ1v) is 7.34. The minimum atomic E-state index is -0.431. The van der Waals surface area contributed by atoms with Crippen LogP contribution in [-0.4, -0.2) is 34.5 Å². The monoisotopic (exact) mass is 311 g/mol. The van der Waals surface area contributed by atoms with Crippen molar-refractivity contribution in [2.24, 2.45) is 0 Å². The zero-order valence-corrected chi connectivity index (χ0v) is 13.0. The molecule has 6 heteroatoms. The van der Waals surface area contributed by atoms with Gasteiger partial charge >= 0.3 is 5.97 Å². The second-order valence-corrected chi connectivity index (χ2v) is 4.95. The van der Waals surface area contributed by atoms with Crippen molar-refractivity contribution < 1.29 is 14.3 Å². The van der Waals surface area contributed by atoms with Crippen molar-refractivity contribution in [2.45, 2.75) is 13.5 Å². The van der Waals surface area contributed by atoms with Gasteiger partial charge in [0.1, 0.15) is 5.75 Å². The van der Waals surface area contributed by atoms with E-state index < -0.39 is 5.97 Å². The molecule has 118 valence electrons. The number of benzene rings is 1. The number of esters is 1. The Bertz CT molecular complexity index is 825. The maximum absolute atomic E-state index is 12.1. The van der Waals surface area contributed by atoms with Gasteiger partial charge in [-0.05, 0) is 36.8 Å². The minimum Gasteiger partial charge on any atom is -0.497 e. The molecule has 0 amide bonds. The van der Waals surface area contributed by atoms with E-state index in [9.17, 15) is 4.79 Å². The van der Waals surface area contributed by atoms with Crippen LogP contribution in [0.5, 0.6) is 5.75 Å². The van der Waals surface area contributed by atoms with Crippen LogP contribution in [0.1, 0.15) is 23.0 Å². The van der Waals surface area contributed by atoms with Crippen LogP contribution in [0.2, 0.25) is 0 Å². The molecule has 0 aliphatic rings. The average molecular weight is 311 g/mol. The minimum absolute atomic E-state index is 0.295. The number of methoxy groups -OCH3 is 1. The smallest absolute Gasteiger partial charge is 0.359 e. The van der Waals surface area contributed by atoms with Gasteiger partial charge in [-0.25, -0.2) is 14.5 Å². The summed E-state index contributed by atoms with van der Waals surface area (Å²) in [5.41, 5.74) is 1.99. The molecular formula is C17H17N3O3. The van der Waals surface area contributed by atoms with Crippen molar-refractivity contribution in [1.29, 1.82) is 0 Å². The summed E-state index contributed by atoms with van der Waals surface area (Å²) < 4.78 is 11.9. The Balaban J connectivity index is 1.98. The number of fused-ring (bicyclic) bond motifs is 1. The van der Waals surface area contributed by atoms with Gasteiger partial charge in [-0.1, -0.05) is 12.1 Å². The van der Waals surface area contributed by atoms with Gasteiger partial charge in [-0.15, -0.1) is 0 Å². The molecule has 6 nitrogen and oxygen atoms in total. The molecule has 0 aliphatic carbocycles. The number of hydrogen-bond donors (Lipinski definition) is 0. The summed E-state index contributed by atoms with van der Waals surface area (Å²) in [6, 6.07) is 11.3. The fraction of sp³-hybridized carbons (Fsp3) is 0.235. The van der Waals surface area contributed by atoms with E-state index in [-0.39, 0.29) is 0 Å². The fourth-order valence-electron chi connectivity index (χ4n) is 2.37. The SMILES string of the molecule is CCOC(=O)c1nn(Cc2ccc(OC)cc2)c2ncccc12. The molecule has 1 aromatic carbocycles. The van der Waals surface area contributed by atoms with E-state index in [1.54, 1.807) is 31.0 Å². The first kappa shape index (κ1) is 15.0. The maximum Gasteiger partial charge on any atom is 0.359 e. The molecule has 0 spiro atoms.